The molecule has 1 aromatic heterocycles. The first-order valence-electron chi connectivity index (χ1n) is 9.62. The lowest BCUT2D eigenvalue weighted by Gasteiger charge is -2.35. The van der Waals surface area contributed by atoms with Gasteiger partial charge in [-0.05, 0) is 43.3 Å². The van der Waals surface area contributed by atoms with Crippen LogP contribution >= 0.6 is 0 Å². The van der Waals surface area contributed by atoms with Gasteiger partial charge in [0, 0.05) is 44.1 Å². The maximum absolute atomic E-state index is 9.06. The molecule has 4 rings (SSSR count). The zero-order chi connectivity index (χ0) is 18.6. The molecule has 1 aliphatic heterocycles. The van der Waals surface area contributed by atoms with Gasteiger partial charge in [0.2, 0.25) is 0 Å². The van der Waals surface area contributed by atoms with E-state index in [0.717, 1.165) is 55.3 Å². The number of imidazole rings is 1. The van der Waals surface area contributed by atoms with Crippen LogP contribution in [0.15, 0.2) is 48.5 Å². The van der Waals surface area contributed by atoms with Crippen molar-refractivity contribution in [1.29, 1.82) is 0 Å². The van der Waals surface area contributed by atoms with Crippen LogP contribution in [0.5, 0.6) is 0 Å². The van der Waals surface area contributed by atoms with E-state index in [1.54, 1.807) is 0 Å². The van der Waals surface area contributed by atoms with Gasteiger partial charge in [0.15, 0.2) is 0 Å². The van der Waals surface area contributed by atoms with E-state index in [0.29, 0.717) is 0 Å². The van der Waals surface area contributed by atoms with Gasteiger partial charge >= 0.3 is 0 Å². The number of nitrogens with zero attached hydrogens (tertiary/aromatic N) is 3. The van der Waals surface area contributed by atoms with Crippen molar-refractivity contribution in [3.63, 3.8) is 0 Å². The first kappa shape index (κ1) is 17.8. The number of rotatable bonds is 6. The van der Waals surface area contributed by atoms with Crippen molar-refractivity contribution in [1.82, 2.24) is 14.9 Å². The summed E-state index contributed by atoms with van der Waals surface area (Å²) in [6, 6.07) is 16.8. The molecule has 1 saturated heterocycles. The molecular weight excluding hydrogens is 338 g/mol. The van der Waals surface area contributed by atoms with Crippen LogP contribution in [0.1, 0.15) is 18.8 Å². The largest absolute Gasteiger partial charge is 0.395 e. The van der Waals surface area contributed by atoms with E-state index in [1.807, 2.05) is 24.3 Å². The highest BCUT2D eigenvalue weighted by molar-refractivity contribution is 5.75. The van der Waals surface area contributed by atoms with Crippen LogP contribution in [-0.4, -0.2) is 59.3 Å². The van der Waals surface area contributed by atoms with E-state index in [2.05, 4.69) is 56.3 Å². The molecule has 0 aliphatic carbocycles. The molecule has 2 heterocycles. The fraction of sp³-hybridized carbons (Fsp3) is 0.381. The van der Waals surface area contributed by atoms with Crippen molar-refractivity contribution in [3.05, 3.63) is 54.4 Å². The van der Waals surface area contributed by atoms with E-state index in [-0.39, 0.29) is 12.6 Å². The fourth-order valence-corrected chi connectivity index (χ4v) is 3.64. The zero-order valence-electron chi connectivity index (χ0n) is 15.7. The van der Waals surface area contributed by atoms with E-state index in [4.69, 9.17) is 5.11 Å². The predicted octanol–water partition coefficient (Wildman–Crippen LogP) is 2.85. The second-order valence-corrected chi connectivity index (χ2v) is 7.10. The van der Waals surface area contributed by atoms with Crippen LogP contribution in [0.25, 0.3) is 11.0 Å². The van der Waals surface area contributed by atoms with Gasteiger partial charge in [0.25, 0.3) is 0 Å². The Morgan fingerprint density at radius 3 is 2.52 bits per heavy atom. The average molecular weight is 365 g/mol. The highest BCUT2D eigenvalue weighted by Crippen LogP contribution is 2.23. The molecule has 0 spiro atoms. The van der Waals surface area contributed by atoms with Crippen LogP contribution in [-0.2, 0) is 0 Å². The molecule has 1 fully saturated rings. The lowest BCUT2D eigenvalue weighted by molar-refractivity contribution is 0.189. The third kappa shape index (κ3) is 4.07. The minimum absolute atomic E-state index is 0.102. The van der Waals surface area contributed by atoms with Gasteiger partial charge in [-0.25, -0.2) is 4.98 Å². The van der Waals surface area contributed by atoms with E-state index < -0.39 is 0 Å². The van der Waals surface area contributed by atoms with Gasteiger partial charge in [-0.1, -0.05) is 12.1 Å². The SMILES string of the molecule is CC(Nc1ccc(N2CCN(CCO)CC2)cc1)c1nc2ccccc2[nH]1. The quantitative estimate of drug-likeness (QED) is 0.627. The number of para-hydroxylation sites is 2. The van der Waals surface area contributed by atoms with Gasteiger partial charge in [0.05, 0.1) is 23.7 Å². The first-order valence-corrected chi connectivity index (χ1v) is 9.62. The van der Waals surface area contributed by atoms with Crippen molar-refractivity contribution in [2.45, 2.75) is 13.0 Å². The van der Waals surface area contributed by atoms with Crippen molar-refractivity contribution in [2.75, 3.05) is 49.5 Å². The minimum Gasteiger partial charge on any atom is -0.395 e. The number of benzene rings is 2. The van der Waals surface area contributed by atoms with E-state index in [1.165, 1.54) is 5.69 Å². The normalized spacial score (nSPS) is 16.6. The number of fused-ring (bicyclic) bond motifs is 1. The number of anilines is 2. The molecule has 3 aromatic rings. The summed E-state index contributed by atoms with van der Waals surface area (Å²) in [5.74, 6) is 0.945. The topological polar surface area (TPSA) is 67.4 Å². The monoisotopic (exact) mass is 365 g/mol. The Morgan fingerprint density at radius 2 is 1.81 bits per heavy atom. The second-order valence-electron chi connectivity index (χ2n) is 7.10. The Bertz CT molecular complexity index is 835. The Balaban J connectivity index is 1.37. The molecule has 142 valence electrons. The zero-order valence-corrected chi connectivity index (χ0v) is 15.7. The average Bonchev–Trinajstić information content (AvgIpc) is 3.14. The smallest absolute Gasteiger partial charge is 0.129 e. The highest BCUT2D eigenvalue weighted by Gasteiger charge is 2.17. The summed E-state index contributed by atoms with van der Waals surface area (Å²) in [7, 11) is 0. The molecule has 27 heavy (non-hydrogen) atoms. The van der Waals surface area contributed by atoms with Crippen LogP contribution < -0.4 is 10.2 Å². The lowest BCUT2D eigenvalue weighted by atomic mass is 10.2. The molecule has 2 aromatic carbocycles. The number of aliphatic hydroxyl groups excluding tert-OH is 1. The van der Waals surface area contributed by atoms with Gasteiger partial charge < -0.3 is 20.3 Å². The van der Waals surface area contributed by atoms with Crippen molar-refractivity contribution in [3.8, 4) is 0 Å². The molecule has 0 bridgehead atoms. The van der Waals surface area contributed by atoms with Crippen LogP contribution in [0.4, 0.5) is 11.4 Å². The predicted molar refractivity (Wildman–Crippen MR) is 110 cm³/mol. The van der Waals surface area contributed by atoms with E-state index >= 15 is 0 Å². The Kier molecular flexibility index (Phi) is 5.27. The summed E-state index contributed by atoms with van der Waals surface area (Å²) < 4.78 is 0. The summed E-state index contributed by atoms with van der Waals surface area (Å²) in [5, 5.41) is 12.6. The van der Waals surface area contributed by atoms with Crippen LogP contribution in [0.3, 0.4) is 0 Å². The molecule has 6 heteroatoms. The molecule has 1 unspecified atom stereocenters. The van der Waals surface area contributed by atoms with Crippen molar-refractivity contribution < 1.29 is 5.11 Å². The standard InChI is InChI=1S/C21H27N5O/c1-16(21-23-19-4-2-3-5-20(19)24-21)22-17-6-8-18(9-7-17)26-12-10-25(11-13-26)14-15-27/h2-9,16,22,27H,10-15H2,1H3,(H,23,24). The number of aromatic amines is 1. The third-order valence-corrected chi connectivity index (χ3v) is 5.22. The molecule has 0 radical (unpaired) electrons. The van der Waals surface area contributed by atoms with E-state index in [9.17, 15) is 0 Å². The third-order valence-electron chi connectivity index (χ3n) is 5.22. The number of β-amino-alcohol motifs (C(OH)–C–C–N with tert-alkyl or cyclic N) is 1. The number of piperazine rings is 1. The summed E-state index contributed by atoms with van der Waals surface area (Å²) >= 11 is 0. The highest BCUT2D eigenvalue weighted by atomic mass is 16.3. The molecule has 0 saturated carbocycles. The molecule has 6 nitrogen and oxygen atoms in total. The number of aliphatic hydroxyl groups is 1. The maximum Gasteiger partial charge on any atom is 0.129 e. The van der Waals surface area contributed by atoms with Crippen LogP contribution in [0, 0.1) is 0 Å². The molecule has 3 N–H and O–H groups in total. The van der Waals surface area contributed by atoms with Crippen molar-refractivity contribution >= 4 is 22.4 Å². The van der Waals surface area contributed by atoms with Gasteiger partial charge in [0.1, 0.15) is 5.82 Å². The Hall–Kier alpha value is -2.57. The van der Waals surface area contributed by atoms with Gasteiger partial charge in [-0.2, -0.15) is 0 Å². The Labute approximate surface area is 159 Å². The van der Waals surface area contributed by atoms with Crippen LogP contribution in [0.2, 0.25) is 0 Å². The summed E-state index contributed by atoms with van der Waals surface area (Å²) in [6.45, 7) is 7.14. The number of nitrogens with one attached hydrogen (secondary N) is 2. The number of H-pyrrole nitrogens is 1. The summed E-state index contributed by atoms with van der Waals surface area (Å²) in [4.78, 5) is 12.8. The number of hydrogen-bond donors (Lipinski definition) is 3. The number of aromatic nitrogens is 2. The fourth-order valence-electron chi connectivity index (χ4n) is 3.64. The van der Waals surface area contributed by atoms with Crippen molar-refractivity contribution in [2.24, 2.45) is 0 Å². The molecule has 1 atom stereocenters. The Morgan fingerprint density at radius 1 is 1.07 bits per heavy atom. The number of hydrogen-bond acceptors (Lipinski definition) is 5. The van der Waals surface area contributed by atoms with Gasteiger partial charge in [-0.3, -0.25) is 4.90 Å². The first-order chi connectivity index (χ1) is 13.2. The molecule has 0 amide bonds. The minimum atomic E-state index is 0.102. The van der Waals surface area contributed by atoms with Gasteiger partial charge in [-0.15, -0.1) is 0 Å². The summed E-state index contributed by atoms with van der Waals surface area (Å²) in [6.07, 6.45) is 0. The summed E-state index contributed by atoms with van der Waals surface area (Å²) in [5.41, 5.74) is 4.40. The lowest BCUT2D eigenvalue weighted by Crippen LogP contribution is -2.47. The molecule has 1 aliphatic rings. The molecular formula is C21H27N5O. The second kappa shape index (κ2) is 7.98. The maximum atomic E-state index is 9.06.